The van der Waals surface area contributed by atoms with Crippen molar-refractivity contribution >= 4 is 5.78 Å². The molecule has 0 aliphatic heterocycles. The van der Waals surface area contributed by atoms with Crippen LogP contribution < -0.4 is 4.74 Å². The SMILES string of the molecule is COc1cc(C(=O)Cc2nccn2C)ccc1C. The zero-order chi connectivity index (χ0) is 13.1. The van der Waals surface area contributed by atoms with Crippen LogP contribution in [0.3, 0.4) is 0 Å². The number of ketones is 1. The van der Waals surface area contributed by atoms with Gasteiger partial charge in [0.25, 0.3) is 0 Å². The molecule has 0 saturated carbocycles. The number of carbonyl (C=O) groups is 1. The Kier molecular flexibility index (Phi) is 3.46. The number of aryl methyl sites for hydroxylation is 2. The lowest BCUT2D eigenvalue weighted by atomic mass is 10.1. The van der Waals surface area contributed by atoms with E-state index in [1.165, 1.54) is 0 Å². The predicted molar refractivity (Wildman–Crippen MR) is 69.0 cm³/mol. The lowest BCUT2D eigenvalue weighted by molar-refractivity contribution is 0.0989. The second-order valence-electron chi connectivity index (χ2n) is 4.24. The Labute approximate surface area is 106 Å². The number of rotatable bonds is 4. The number of hydrogen-bond acceptors (Lipinski definition) is 3. The van der Waals surface area contributed by atoms with Gasteiger partial charge in [-0.3, -0.25) is 4.79 Å². The lowest BCUT2D eigenvalue weighted by Gasteiger charge is -2.07. The molecule has 0 radical (unpaired) electrons. The first-order valence-electron chi connectivity index (χ1n) is 5.76. The predicted octanol–water partition coefficient (Wildman–Crippen LogP) is 2.16. The third-order valence-corrected chi connectivity index (χ3v) is 2.97. The molecule has 0 aliphatic rings. The quantitative estimate of drug-likeness (QED) is 0.774. The number of aromatic nitrogens is 2. The van der Waals surface area contributed by atoms with Crippen molar-refractivity contribution in [2.24, 2.45) is 7.05 Å². The van der Waals surface area contributed by atoms with Gasteiger partial charge in [0.15, 0.2) is 5.78 Å². The highest BCUT2D eigenvalue weighted by molar-refractivity contribution is 5.97. The van der Waals surface area contributed by atoms with Crippen LogP contribution in [-0.2, 0) is 13.5 Å². The molecule has 0 saturated heterocycles. The molecule has 4 nitrogen and oxygen atoms in total. The van der Waals surface area contributed by atoms with Crippen LogP contribution in [0.15, 0.2) is 30.6 Å². The summed E-state index contributed by atoms with van der Waals surface area (Å²) >= 11 is 0. The molecule has 94 valence electrons. The van der Waals surface area contributed by atoms with Crippen LogP contribution in [0.4, 0.5) is 0 Å². The molecule has 0 spiro atoms. The third-order valence-electron chi connectivity index (χ3n) is 2.97. The Hall–Kier alpha value is -2.10. The molecule has 18 heavy (non-hydrogen) atoms. The molecule has 1 aromatic carbocycles. The Bertz CT molecular complexity index is 573. The number of hydrogen-bond donors (Lipinski definition) is 0. The molecule has 1 aromatic heterocycles. The fourth-order valence-electron chi connectivity index (χ4n) is 1.81. The Morgan fingerprint density at radius 1 is 1.44 bits per heavy atom. The molecule has 0 aliphatic carbocycles. The average Bonchev–Trinajstić information content (AvgIpc) is 2.75. The van der Waals surface area contributed by atoms with E-state index in [0.717, 1.165) is 17.1 Å². The van der Waals surface area contributed by atoms with Crippen LogP contribution in [0.5, 0.6) is 5.75 Å². The summed E-state index contributed by atoms with van der Waals surface area (Å²) in [6.45, 7) is 1.95. The summed E-state index contributed by atoms with van der Waals surface area (Å²) in [4.78, 5) is 16.3. The second-order valence-corrected chi connectivity index (χ2v) is 4.24. The van der Waals surface area contributed by atoms with Crippen LogP contribution in [0.2, 0.25) is 0 Å². The highest BCUT2D eigenvalue weighted by Gasteiger charge is 2.11. The van der Waals surface area contributed by atoms with Crippen molar-refractivity contribution in [1.29, 1.82) is 0 Å². The van der Waals surface area contributed by atoms with Gasteiger partial charge >= 0.3 is 0 Å². The van der Waals surface area contributed by atoms with Crippen molar-refractivity contribution in [2.45, 2.75) is 13.3 Å². The van der Waals surface area contributed by atoms with E-state index >= 15 is 0 Å². The topological polar surface area (TPSA) is 44.1 Å². The molecule has 0 fully saturated rings. The van der Waals surface area contributed by atoms with Gasteiger partial charge in [0, 0.05) is 25.0 Å². The second kappa shape index (κ2) is 5.04. The molecule has 0 N–H and O–H groups in total. The molecule has 1 heterocycles. The molecule has 4 heteroatoms. The van der Waals surface area contributed by atoms with Crippen molar-refractivity contribution in [2.75, 3.05) is 7.11 Å². The Morgan fingerprint density at radius 2 is 2.22 bits per heavy atom. The molecular weight excluding hydrogens is 228 g/mol. The van der Waals surface area contributed by atoms with Gasteiger partial charge in [-0.15, -0.1) is 0 Å². The molecule has 0 atom stereocenters. The maximum absolute atomic E-state index is 12.1. The number of nitrogens with zero attached hydrogens (tertiary/aromatic N) is 2. The largest absolute Gasteiger partial charge is 0.496 e. The van der Waals surface area contributed by atoms with Gasteiger partial charge in [-0.25, -0.2) is 4.98 Å². The van der Waals surface area contributed by atoms with E-state index in [9.17, 15) is 4.79 Å². The first-order chi connectivity index (χ1) is 8.61. The highest BCUT2D eigenvalue weighted by Crippen LogP contribution is 2.19. The van der Waals surface area contributed by atoms with E-state index in [4.69, 9.17) is 4.74 Å². The number of benzene rings is 1. The summed E-state index contributed by atoms with van der Waals surface area (Å²) < 4.78 is 7.07. The summed E-state index contributed by atoms with van der Waals surface area (Å²) in [6, 6.07) is 5.49. The Morgan fingerprint density at radius 3 is 2.83 bits per heavy atom. The summed E-state index contributed by atoms with van der Waals surface area (Å²) in [5.41, 5.74) is 1.67. The standard InChI is InChI=1S/C14H16N2O2/c1-10-4-5-11(8-13(10)18-3)12(17)9-14-15-6-7-16(14)2/h4-8H,9H2,1-3H3. The smallest absolute Gasteiger partial charge is 0.170 e. The molecule has 0 bridgehead atoms. The van der Waals surface area contributed by atoms with Gasteiger partial charge in [-0.1, -0.05) is 12.1 Å². The van der Waals surface area contributed by atoms with E-state index in [1.807, 2.05) is 36.9 Å². The summed E-state index contributed by atoms with van der Waals surface area (Å²) in [5, 5.41) is 0. The zero-order valence-electron chi connectivity index (χ0n) is 10.8. The Balaban J connectivity index is 2.21. The van der Waals surface area contributed by atoms with Gasteiger partial charge in [-0.2, -0.15) is 0 Å². The molecule has 2 rings (SSSR count). The minimum Gasteiger partial charge on any atom is -0.496 e. The average molecular weight is 244 g/mol. The fourth-order valence-corrected chi connectivity index (χ4v) is 1.81. The van der Waals surface area contributed by atoms with Gasteiger partial charge in [0.1, 0.15) is 11.6 Å². The zero-order valence-corrected chi connectivity index (χ0v) is 10.8. The number of Topliss-reactive ketones (excluding diaryl/α,β-unsaturated/α-hetero) is 1. The molecule has 0 amide bonds. The van der Waals surface area contributed by atoms with E-state index < -0.39 is 0 Å². The first-order valence-corrected chi connectivity index (χ1v) is 5.76. The van der Waals surface area contributed by atoms with Gasteiger partial charge < -0.3 is 9.30 Å². The number of methoxy groups -OCH3 is 1. The van der Waals surface area contributed by atoms with Crippen LogP contribution >= 0.6 is 0 Å². The minimum atomic E-state index is 0.0441. The van der Waals surface area contributed by atoms with Gasteiger partial charge in [-0.05, 0) is 18.6 Å². The molecule has 2 aromatic rings. The van der Waals surface area contributed by atoms with Crippen LogP contribution in [0, 0.1) is 6.92 Å². The van der Waals surface area contributed by atoms with Crippen molar-refractivity contribution in [3.8, 4) is 5.75 Å². The number of carbonyl (C=O) groups excluding carboxylic acids is 1. The minimum absolute atomic E-state index is 0.0441. The maximum atomic E-state index is 12.1. The number of ether oxygens (including phenoxy) is 1. The summed E-state index contributed by atoms with van der Waals surface area (Å²) in [6.07, 6.45) is 3.83. The van der Waals surface area contributed by atoms with E-state index in [-0.39, 0.29) is 5.78 Å². The first kappa shape index (κ1) is 12.4. The van der Waals surface area contributed by atoms with Crippen molar-refractivity contribution in [1.82, 2.24) is 9.55 Å². The summed E-state index contributed by atoms with van der Waals surface area (Å²) in [5.74, 6) is 1.54. The molecule has 0 unspecified atom stereocenters. The monoisotopic (exact) mass is 244 g/mol. The normalized spacial score (nSPS) is 10.4. The maximum Gasteiger partial charge on any atom is 0.170 e. The lowest BCUT2D eigenvalue weighted by Crippen LogP contribution is -2.08. The number of imidazole rings is 1. The van der Waals surface area contributed by atoms with E-state index in [0.29, 0.717) is 12.0 Å². The van der Waals surface area contributed by atoms with Crippen LogP contribution in [-0.4, -0.2) is 22.4 Å². The van der Waals surface area contributed by atoms with Gasteiger partial charge in [0.05, 0.1) is 13.5 Å². The van der Waals surface area contributed by atoms with E-state index in [2.05, 4.69) is 4.98 Å². The highest BCUT2D eigenvalue weighted by atomic mass is 16.5. The molecular formula is C14H16N2O2. The van der Waals surface area contributed by atoms with Crippen molar-refractivity contribution in [3.05, 3.63) is 47.5 Å². The van der Waals surface area contributed by atoms with E-state index in [1.54, 1.807) is 19.4 Å². The summed E-state index contributed by atoms with van der Waals surface area (Å²) in [7, 11) is 3.49. The van der Waals surface area contributed by atoms with Crippen molar-refractivity contribution < 1.29 is 9.53 Å². The van der Waals surface area contributed by atoms with Gasteiger partial charge in [0.2, 0.25) is 0 Å². The fraction of sp³-hybridized carbons (Fsp3) is 0.286. The van der Waals surface area contributed by atoms with Crippen molar-refractivity contribution in [3.63, 3.8) is 0 Å². The van der Waals surface area contributed by atoms with Crippen LogP contribution in [0.25, 0.3) is 0 Å². The third kappa shape index (κ3) is 2.42. The van der Waals surface area contributed by atoms with Crippen LogP contribution in [0.1, 0.15) is 21.7 Å².